The van der Waals surface area contributed by atoms with Crippen LogP contribution in [-0.2, 0) is 9.84 Å². The lowest BCUT2D eigenvalue weighted by atomic mass is 10.2. The molecule has 1 aromatic rings. The van der Waals surface area contributed by atoms with Crippen LogP contribution in [0.4, 0.5) is 0 Å². The molecular weight excluding hydrogens is 240 g/mol. The van der Waals surface area contributed by atoms with Crippen LogP contribution in [-0.4, -0.2) is 24.4 Å². The number of nitrogens with zero attached hydrogens (tertiary/aromatic N) is 1. The third kappa shape index (κ3) is 1.91. The number of aromatic amines is 1. The number of nitrogens with one attached hydrogen (secondary N) is 1. The van der Waals surface area contributed by atoms with Crippen LogP contribution in [0.3, 0.4) is 0 Å². The molecule has 1 aromatic heterocycles. The zero-order valence-corrected chi connectivity index (χ0v) is 9.31. The fourth-order valence-corrected chi connectivity index (χ4v) is 3.71. The van der Waals surface area contributed by atoms with Gasteiger partial charge in [-0.3, -0.25) is 4.79 Å². The average molecular weight is 249 g/mol. The van der Waals surface area contributed by atoms with Crippen molar-refractivity contribution in [3.63, 3.8) is 0 Å². The molecule has 2 rings (SSSR count). The van der Waals surface area contributed by atoms with E-state index in [-0.39, 0.29) is 10.8 Å². The first-order valence-corrected chi connectivity index (χ1v) is 6.57. The summed E-state index contributed by atoms with van der Waals surface area (Å²) in [6, 6.07) is 1.33. The van der Waals surface area contributed by atoms with Gasteiger partial charge in [-0.05, 0) is 18.9 Å². The van der Waals surface area contributed by atoms with Crippen LogP contribution in [0.5, 0.6) is 0 Å². The second-order valence-corrected chi connectivity index (χ2v) is 6.18. The van der Waals surface area contributed by atoms with Gasteiger partial charge in [0, 0.05) is 0 Å². The SMILES string of the molecule is O=c1[nH]nc(C2CCCS2(=O)=O)cc1Cl. The van der Waals surface area contributed by atoms with Crippen LogP contribution >= 0.6 is 11.6 Å². The average Bonchev–Trinajstić information content (AvgIpc) is 2.50. The Bertz CT molecular complexity index is 537. The quantitative estimate of drug-likeness (QED) is 0.792. The maximum absolute atomic E-state index is 11.6. The van der Waals surface area contributed by atoms with E-state index in [0.717, 1.165) is 0 Å². The van der Waals surface area contributed by atoms with Gasteiger partial charge in [-0.15, -0.1) is 0 Å². The normalized spacial score (nSPS) is 24.2. The molecule has 0 aromatic carbocycles. The van der Waals surface area contributed by atoms with E-state index in [4.69, 9.17) is 11.6 Å². The molecule has 0 aliphatic carbocycles. The number of rotatable bonds is 1. The largest absolute Gasteiger partial charge is 0.282 e. The van der Waals surface area contributed by atoms with Crippen molar-refractivity contribution in [3.05, 3.63) is 27.1 Å². The number of sulfone groups is 1. The maximum atomic E-state index is 11.6. The van der Waals surface area contributed by atoms with E-state index in [9.17, 15) is 13.2 Å². The Balaban J connectivity index is 2.47. The first kappa shape index (κ1) is 10.6. The molecule has 0 saturated carbocycles. The third-order valence-corrected chi connectivity index (χ3v) is 4.92. The lowest BCUT2D eigenvalue weighted by molar-refractivity contribution is 0.589. The van der Waals surface area contributed by atoms with Crippen molar-refractivity contribution in [1.82, 2.24) is 10.2 Å². The van der Waals surface area contributed by atoms with E-state index in [2.05, 4.69) is 10.2 Å². The summed E-state index contributed by atoms with van der Waals surface area (Å²) in [6.07, 6.45) is 1.17. The van der Waals surface area contributed by atoms with Crippen molar-refractivity contribution in [1.29, 1.82) is 0 Å². The summed E-state index contributed by atoms with van der Waals surface area (Å²) in [4.78, 5) is 10.9. The number of hydrogen-bond donors (Lipinski definition) is 1. The molecule has 15 heavy (non-hydrogen) atoms. The van der Waals surface area contributed by atoms with Gasteiger partial charge in [0.15, 0.2) is 9.84 Å². The fraction of sp³-hybridized carbons (Fsp3) is 0.500. The Morgan fingerprint density at radius 1 is 1.53 bits per heavy atom. The van der Waals surface area contributed by atoms with E-state index in [0.29, 0.717) is 18.5 Å². The molecule has 0 bridgehead atoms. The maximum Gasteiger partial charge on any atom is 0.282 e. The van der Waals surface area contributed by atoms with Gasteiger partial charge < -0.3 is 0 Å². The molecule has 1 N–H and O–H groups in total. The predicted molar refractivity (Wildman–Crippen MR) is 55.6 cm³/mol. The summed E-state index contributed by atoms with van der Waals surface area (Å²) in [5.41, 5.74) is -0.173. The van der Waals surface area contributed by atoms with Gasteiger partial charge >= 0.3 is 0 Å². The molecule has 82 valence electrons. The number of H-pyrrole nitrogens is 1. The van der Waals surface area contributed by atoms with Crippen molar-refractivity contribution in [2.75, 3.05) is 5.75 Å². The summed E-state index contributed by atoms with van der Waals surface area (Å²) in [7, 11) is -3.11. The van der Waals surface area contributed by atoms with Crippen LogP contribution in [0.1, 0.15) is 23.8 Å². The summed E-state index contributed by atoms with van der Waals surface area (Å²) in [5, 5.41) is 5.25. The van der Waals surface area contributed by atoms with Crippen LogP contribution in [0, 0.1) is 0 Å². The second-order valence-electron chi connectivity index (χ2n) is 3.47. The van der Waals surface area contributed by atoms with Crippen molar-refractivity contribution >= 4 is 21.4 Å². The Kier molecular flexibility index (Phi) is 2.56. The first-order valence-electron chi connectivity index (χ1n) is 4.47. The highest BCUT2D eigenvalue weighted by Gasteiger charge is 2.34. The molecule has 1 aliphatic rings. The van der Waals surface area contributed by atoms with E-state index in [1.54, 1.807) is 0 Å². The first-order chi connectivity index (χ1) is 7.00. The molecule has 1 saturated heterocycles. The lowest BCUT2D eigenvalue weighted by Gasteiger charge is -2.07. The van der Waals surface area contributed by atoms with Crippen molar-refractivity contribution in [3.8, 4) is 0 Å². The van der Waals surface area contributed by atoms with Gasteiger partial charge in [-0.2, -0.15) is 5.10 Å². The fourth-order valence-electron chi connectivity index (χ4n) is 1.68. The standard InChI is InChI=1S/C8H9ClN2O3S/c9-5-4-6(10-11-8(5)12)7-2-1-3-15(7,13)14/h4,7H,1-3H2,(H,11,12). The number of aromatic nitrogens is 2. The minimum atomic E-state index is -3.11. The zero-order valence-electron chi connectivity index (χ0n) is 7.73. The van der Waals surface area contributed by atoms with Gasteiger partial charge in [-0.25, -0.2) is 13.5 Å². The van der Waals surface area contributed by atoms with E-state index in [1.807, 2.05) is 0 Å². The molecule has 0 radical (unpaired) electrons. The van der Waals surface area contributed by atoms with Crippen LogP contribution in [0.25, 0.3) is 0 Å². The van der Waals surface area contributed by atoms with Gasteiger partial charge in [0.25, 0.3) is 5.56 Å². The predicted octanol–water partition coefficient (Wildman–Crippen LogP) is 0.673. The molecule has 1 aliphatic heterocycles. The Morgan fingerprint density at radius 3 is 2.80 bits per heavy atom. The van der Waals surface area contributed by atoms with E-state index < -0.39 is 20.6 Å². The molecule has 2 heterocycles. The third-order valence-electron chi connectivity index (χ3n) is 2.44. The molecule has 1 fully saturated rings. The smallest absolute Gasteiger partial charge is 0.266 e. The van der Waals surface area contributed by atoms with Crippen molar-refractivity contribution < 1.29 is 8.42 Å². The van der Waals surface area contributed by atoms with Crippen LogP contribution < -0.4 is 5.56 Å². The molecule has 1 atom stereocenters. The van der Waals surface area contributed by atoms with E-state index in [1.165, 1.54) is 6.07 Å². The Labute approximate surface area is 91.4 Å². The molecule has 0 spiro atoms. The highest BCUT2D eigenvalue weighted by Crippen LogP contribution is 2.33. The van der Waals surface area contributed by atoms with Gasteiger partial charge in [-0.1, -0.05) is 11.6 Å². The lowest BCUT2D eigenvalue weighted by Crippen LogP contribution is -2.15. The van der Waals surface area contributed by atoms with E-state index >= 15 is 0 Å². The summed E-state index contributed by atoms with van der Waals surface area (Å²) in [5.74, 6) is 0.177. The van der Waals surface area contributed by atoms with Crippen LogP contribution in [0.2, 0.25) is 5.02 Å². The Hall–Kier alpha value is -0.880. The van der Waals surface area contributed by atoms with Gasteiger partial charge in [0.1, 0.15) is 10.3 Å². The minimum absolute atomic E-state index is 0.0258. The molecular formula is C8H9ClN2O3S. The number of hydrogen-bond acceptors (Lipinski definition) is 4. The second kappa shape index (κ2) is 3.61. The van der Waals surface area contributed by atoms with Crippen molar-refractivity contribution in [2.45, 2.75) is 18.1 Å². The Morgan fingerprint density at radius 2 is 2.27 bits per heavy atom. The summed E-state index contributed by atoms with van der Waals surface area (Å²) < 4.78 is 23.2. The molecule has 5 nitrogen and oxygen atoms in total. The van der Waals surface area contributed by atoms with Crippen LogP contribution in [0.15, 0.2) is 10.9 Å². The zero-order chi connectivity index (χ0) is 11.1. The monoisotopic (exact) mass is 248 g/mol. The minimum Gasteiger partial charge on any atom is -0.266 e. The molecule has 1 unspecified atom stereocenters. The van der Waals surface area contributed by atoms with Gasteiger partial charge in [0.2, 0.25) is 0 Å². The summed E-state index contributed by atoms with van der Waals surface area (Å²) >= 11 is 5.61. The molecule has 7 heteroatoms. The van der Waals surface area contributed by atoms with Crippen molar-refractivity contribution in [2.24, 2.45) is 0 Å². The highest BCUT2D eigenvalue weighted by atomic mass is 35.5. The molecule has 0 amide bonds. The topological polar surface area (TPSA) is 79.9 Å². The number of halogens is 1. The summed E-state index contributed by atoms with van der Waals surface area (Å²) in [6.45, 7) is 0. The van der Waals surface area contributed by atoms with Gasteiger partial charge in [0.05, 0.1) is 11.4 Å². The highest BCUT2D eigenvalue weighted by molar-refractivity contribution is 7.91.